The van der Waals surface area contributed by atoms with Crippen LogP contribution < -0.4 is 15.0 Å². The highest BCUT2D eigenvalue weighted by Gasteiger charge is 2.33. The Labute approximate surface area is 137 Å². The van der Waals surface area contributed by atoms with Crippen LogP contribution in [0.25, 0.3) is 0 Å². The van der Waals surface area contributed by atoms with Crippen molar-refractivity contribution < 1.29 is 14.3 Å². The smallest absolute Gasteiger partial charge is 0.262 e. The summed E-state index contributed by atoms with van der Waals surface area (Å²) in [5.41, 5.74) is 0.586. The topological polar surface area (TPSA) is 113 Å². The molecule has 0 bridgehead atoms. The molecule has 0 fully saturated rings. The largest absolute Gasteiger partial charge is 0.477 e. The number of aromatic nitrogens is 3. The molecular formula is C15H14N6O3. The lowest BCUT2D eigenvalue weighted by Crippen LogP contribution is -2.50. The zero-order valence-electron chi connectivity index (χ0n) is 12.8. The maximum absolute atomic E-state index is 12.7. The van der Waals surface area contributed by atoms with Crippen molar-refractivity contribution in [2.75, 3.05) is 18.5 Å². The van der Waals surface area contributed by atoms with E-state index in [9.17, 15) is 9.59 Å². The van der Waals surface area contributed by atoms with Crippen LogP contribution >= 0.6 is 0 Å². The molecule has 0 aliphatic carbocycles. The number of rotatable bonds is 3. The molecular weight excluding hydrogens is 312 g/mol. The zero-order valence-corrected chi connectivity index (χ0v) is 12.8. The predicted octanol–water partition coefficient (Wildman–Crippen LogP) is -0.310. The van der Waals surface area contributed by atoms with Crippen LogP contribution in [0.1, 0.15) is 5.82 Å². The summed E-state index contributed by atoms with van der Waals surface area (Å²) in [5.74, 6) is -0.140. The fourth-order valence-electron chi connectivity index (χ4n) is 2.41. The number of carbonyl (C=O) groups excluding carboxylic acids is 2. The van der Waals surface area contributed by atoms with Gasteiger partial charge in [-0.1, -0.05) is 12.1 Å². The highest BCUT2D eigenvalue weighted by atomic mass is 16.5. The predicted molar refractivity (Wildman–Crippen MR) is 82.0 cm³/mol. The Morgan fingerprint density at radius 2 is 2.25 bits per heavy atom. The van der Waals surface area contributed by atoms with Gasteiger partial charge in [-0.25, -0.2) is 9.67 Å². The second kappa shape index (κ2) is 6.37. The number of likely N-dealkylation sites (N-methyl/N-ethyl adjacent to an activating group) is 1. The molecule has 2 heterocycles. The molecule has 1 aliphatic rings. The molecule has 0 unspecified atom stereocenters. The molecule has 1 N–H and O–H groups in total. The monoisotopic (exact) mass is 326 g/mol. The van der Waals surface area contributed by atoms with Gasteiger partial charge in [0.1, 0.15) is 24.7 Å². The second-order valence-corrected chi connectivity index (χ2v) is 5.07. The van der Waals surface area contributed by atoms with Crippen LogP contribution in [0.2, 0.25) is 0 Å². The van der Waals surface area contributed by atoms with Crippen LogP contribution in [0.3, 0.4) is 0 Å². The van der Waals surface area contributed by atoms with E-state index in [-0.39, 0.29) is 30.7 Å². The molecule has 1 aromatic carbocycles. The van der Waals surface area contributed by atoms with Crippen LogP contribution in [-0.2, 0) is 16.1 Å². The first-order valence-corrected chi connectivity index (χ1v) is 7.19. The van der Waals surface area contributed by atoms with Gasteiger partial charge in [-0.2, -0.15) is 5.26 Å². The number of para-hydroxylation sites is 2. The van der Waals surface area contributed by atoms with Gasteiger partial charge in [-0.3, -0.25) is 9.59 Å². The van der Waals surface area contributed by atoms with Crippen molar-refractivity contribution in [2.24, 2.45) is 0 Å². The van der Waals surface area contributed by atoms with E-state index < -0.39 is 6.10 Å². The average Bonchev–Trinajstić information content (AvgIpc) is 3.07. The highest BCUT2D eigenvalue weighted by Crippen LogP contribution is 2.33. The zero-order chi connectivity index (χ0) is 17.1. The van der Waals surface area contributed by atoms with Crippen molar-refractivity contribution in [2.45, 2.75) is 12.6 Å². The van der Waals surface area contributed by atoms with E-state index in [1.54, 1.807) is 30.3 Å². The van der Waals surface area contributed by atoms with Crippen LogP contribution in [0, 0.1) is 11.3 Å². The molecule has 1 aromatic heterocycles. The van der Waals surface area contributed by atoms with Crippen LogP contribution in [0.15, 0.2) is 30.6 Å². The first kappa shape index (κ1) is 15.5. The van der Waals surface area contributed by atoms with Gasteiger partial charge in [0, 0.05) is 7.05 Å². The van der Waals surface area contributed by atoms with Crippen molar-refractivity contribution in [3.05, 3.63) is 36.4 Å². The first-order valence-electron chi connectivity index (χ1n) is 7.19. The van der Waals surface area contributed by atoms with E-state index in [1.807, 2.05) is 0 Å². The maximum Gasteiger partial charge on any atom is 0.262 e. The molecule has 9 nitrogen and oxygen atoms in total. The summed E-state index contributed by atoms with van der Waals surface area (Å²) in [6.07, 6.45) is 0.526. The second-order valence-electron chi connectivity index (χ2n) is 5.07. The standard InChI is InChI=1S/C15H14N6O3/c1-17-15(23)12-7-21(10-4-2-3-5-11(10)24-12)14(22)8-20-9-18-13(6-16)19-20/h2-5,9,12H,7-8H2,1H3,(H,17,23)/t12-/m0/s1. The van der Waals surface area contributed by atoms with Crippen LogP contribution in [-0.4, -0.2) is 46.3 Å². The Morgan fingerprint density at radius 1 is 1.46 bits per heavy atom. The summed E-state index contributed by atoms with van der Waals surface area (Å²) < 4.78 is 6.94. The third-order valence-electron chi connectivity index (χ3n) is 3.55. The third kappa shape index (κ3) is 2.89. The lowest BCUT2D eigenvalue weighted by molar-refractivity contribution is -0.128. The minimum absolute atomic E-state index is 0.00610. The van der Waals surface area contributed by atoms with Gasteiger partial charge < -0.3 is 15.0 Å². The number of amides is 2. The molecule has 24 heavy (non-hydrogen) atoms. The minimum atomic E-state index is -0.792. The molecule has 1 aliphatic heterocycles. The number of benzene rings is 1. The quantitative estimate of drug-likeness (QED) is 0.828. The normalized spacial score (nSPS) is 15.8. The van der Waals surface area contributed by atoms with Gasteiger partial charge in [0.25, 0.3) is 11.7 Å². The van der Waals surface area contributed by atoms with E-state index in [0.29, 0.717) is 11.4 Å². The van der Waals surface area contributed by atoms with Crippen LogP contribution in [0.5, 0.6) is 5.75 Å². The Balaban J connectivity index is 1.85. The number of fused-ring (bicyclic) bond motifs is 1. The fraction of sp³-hybridized carbons (Fsp3) is 0.267. The Hall–Kier alpha value is -3.41. The van der Waals surface area contributed by atoms with Gasteiger partial charge in [0.15, 0.2) is 6.10 Å². The number of anilines is 1. The summed E-state index contributed by atoms with van der Waals surface area (Å²) in [7, 11) is 1.51. The SMILES string of the molecule is CNC(=O)[C@@H]1CN(C(=O)Cn2cnc(C#N)n2)c2ccccc2O1. The molecule has 122 valence electrons. The van der Waals surface area contributed by atoms with Gasteiger partial charge in [-0.05, 0) is 12.1 Å². The minimum Gasteiger partial charge on any atom is -0.477 e. The van der Waals surface area contributed by atoms with Gasteiger partial charge in [0.05, 0.1) is 12.2 Å². The fourth-order valence-corrected chi connectivity index (χ4v) is 2.41. The van der Waals surface area contributed by atoms with Crippen molar-refractivity contribution in [1.82, 2.24) is 20.1 Å². The van der Waals surface area contributed by atoms with E-state index in [4.69, 9.17) is 10.00 Å². The molecule has 0 spiro atoms. The summed E-state index contributed by atoms with van der Waals surface area (Å²) in [5, 5.41) is 15.1. The summed E-state index contributed by atoms with van der Waals surface area (Å²) in [6, 6.07) is 8.80. The number of hydrogen-bond donors (Lipinski definition) is 1. The lowest BCUT2D eigenvalue weighted by atomic mass is 10.1. The van der Waals surface area contributed by atoms with Gasteiger partial charge >= 0.3 is 0 Å². The number of carbonyl (C=O) groups is 2. The molecule has 2 amide bonds. The Bertz CT molecular complexity index is 825. The maximum atomic E-state index is 12.7. The molecule has 0 saturated carbocycles. The molecule has 9 heteroatoms. The molecule has 2 aromatic rings. The molecule has 0 saturated heterocycles. The summed E-state index contributed by atoms with van der Waals surface area (Å²) >= 11 is 0. The average molecular weight is 326 g/mol. The lowest BCUT2D eigenvalue weighted by Gasteiger charge is -2.33. The Kier molecular flexibility index (Phi) is 4.11. The van der Waals surface area contributed by atoms with Crippen molar-refractivity contribution in [1.29, 1.82) is 5.26 Å². The summed E-state index contributed by atoms with van der Waals surface area (Å²) in [4.78, 5) is 29.8. The first-order chi connectivity index (χ1) is 11.6. The number of nitriles is 1. The molecule has 3 rings (SSSR count). The van der Waals surface area contributed by atoms with Gasteiger partial charge in [0.2, 0.25) is 5.91 Å². The number of nitrogens with zero attached hydrogens (tertiary/aromatic N) is 5. The van der Waals surface area contributed by atoms with E-state index in [0.717, 1.165) is 0 Å². The van der Waals surface area contributed by atoms with Crippen LogP contribution in [0.4, 0.5) is 5.69 Å². The van der Waals surface area contributed by atoms with Gasteiger partial charge in [-0.15, -0.1) is 5.10 Å². The van der Waals surface area contributed by atoms with Crippen molar-refractivity contribution >= 4 is 17.5 Å². The number of ether oxygens (including phenoxy) is 1. The van der Waals surface area contributed by atoms with Crippen molar-refractivity contribution in [3.8, 4) is 11.8 Å². The van der Waals surface area contributed by atoms with E-state index in [1.165, 1.54) is 23.0 Å². The van der Waals surface area contributed by atoms with Crippen molar-refractivity contribution in [3.63, 3.8) is 0 Å². The third-order valence-corrected chi connectivity index (χ3v) is 3.55. The number of hydrogen-bond acceptors (Lipinski definition) is 6. The number of nitrogens with one attached hydrogen (secondary N) is 1. The Morgan fingerprint density at radius 3 is 2.96 bits per heavy atom. The van der Waals surface area contributed by atoms with E-state index >= 15 is 0 Å². The molecule has 0 radical (unpaired) electrons. The van der Waals surface area contributed by atoms with E-state index in [2.05, 4.69) is 15.4 Å². The summed E-state index contributed by atoms with van der Waals surface area (Å²) in [6.45, 7) is -0.00119. The molecule has 1 atom stereocenters. The highest BCUT2D eigenvalue weighted by molar-refractivity contribution is 5.97.